The molecule has 1 aliphatic rings. The van der Waals surface area contributed by atoms with Gasteiger partial charge in [-0.1, -0.05) is 51.1 Å². The average Bonchev–Trinajstić information content (AvgIpc) is 3.04. The fraction of sp³-hybridized carbons (Fsp3) is 0.591. The van der Waals surface area contributed by atoms with Gasteiger partial charge in [-0.05, 0) is 37.2 Å². The van der Waals surface area contributed by atoms with E-state index in [-0.39, 0.29) is 30.3 Å². The molecule has 2 rings (SSSR count). The quantitative estimate of drug-likeness (QED) is 0.449. The maximum Gasteiger partial charge on any atom is 0.245 e. The molecule has 1 aromatic carbocycles. The third-order valence-electron chi connectivity index (χ3n) is 4.99. The summed E-state index contributed by atoms with van der Waals surface area (Å²) in [5.74, 6) is 0.337. The van der Waals surface area contributed by atoms with E-state index in [4.69, 9.17) is 5.73 Å². The maximum atomic E-state index is 12.5. The summed E-state index contributed by atoms with van der Waals surface area (Å²) in [6.07, 6.45) is 2.66. The van der Waals surface area contributed by atoms with Crippen molar-refractivity contribution in [2.24, 2.45) is 17.6 Å². The van der Waals surface area contributed by atoms with Crippen LogP contribution in [-0.4, -0.2) is 54.8 Å². The van der Waals surface area contributed by atoms with Crippen LogP contribution in [0.5, 0.6) is 0 Å². The number of benzene rings is 1. The van der Waals surface area contributed by atoms with E-state index in [9.17, 15) is 14.4 Å². The summed E-state index contributed by atoms with van der Waals surface area (Å²) in [7, 11) is 0. The number of hydrogen-bond donors (Lipinski definition) is 3. The predicted molar refractivity (Wildman–Crippen MR) is 115 cm³/mol. The van der Waals surface area contributed by atoms with Crippen molar-refractivity contribution in [1.29, 1.82) is 0 Å². The molecule has 0 bridgehead atoms. The zero-order valence-corrected chi connectivity index (χ0v) is 18.1. The van der Waals surface area contributed by atoms with Gasteiger partial charge in [-0.25, -0.2) is 0 Å². The summed E-state index contributed by atoms with van der Waals surface area (Å²) in [4.78, 5) is 35.6. The molecule has 3 atom stereocenters. The minimum absolute atomic E-state index is 0.0173. The summed E-state index contributed by atoms with van der Waals surface area (Å²) < 4.78 is 0. The van der Waals surface area contributed by atoms with Crippen molar-refractivity contribution in [1.82, 2.24) is 15.5 Å². The molecule has 0 saturated carbocycles. The Kier molecular flexibility index (Phi) is 11.0. The van der Waals surface area contributed by atoms with E-state index in [1.54, 1.807) is 0 Å². The van der Waals surface area contributed by atoms with E-state index < -0.39 is 6.04 Å². The number of likely N-dealkylation sites (tertiary alicyclic amines) is 1. The monoisotopic (exact) mass is 404 g/mol. The summed E-state index contributed by atoms with van der Waals surface area (Å²) in [6.45, 7) is 9.49. The molecule has 7 nitrogen and oxygen atoms in total. The van der Waals surface area contributed by atoms with Crippen LogP contribution in [0, 0.1) is 11.8 Å². The van der Waals surface area contributed by atoms with Crippen molar-refractivity contribution in [2.75, 3.05) is 19.6 Å². The zero-order valence-electron chi connectivity index (χ0n) is 18.1. The standard InChI is InChI=1S/C13H25N3O2.C9H11NO/c1-8(2)12(15-11(17)6-14)13(18)16-7-9(3)5-10(16)4;11-8-10-7-6-9-4-2-1-3-5-9/h8-10,12H,5-7,14H2,1-4H3,(H,15,17);1-5,8H,6-7H2,(H,10,11). The van der Waals surface area contributed by atoms with Crippen LogP contribution in [0.2, 0.25) is 0 Å². The molecule has 4 N–H and O–H groups in total. The number of hydrogen-bond acceptors (Lipinski definition) is 4. The van der Waals surface area contributed by atoms with Gasteiger partial charge in [-0.3, -0.25) is 14.4 Å². The fourth-order valence-electron chi connectivity index (χ4n) is 3.45. The summed E-state index contributed by atoms with van der Waals surface area (Å²) in [6, 6.07) is 9.86. The van der Waals surface area contributed by atoms with Crippen LogP contribution in [0.15, 0.2) is 30.3 Å². The van der Waals surface area contributed by atoms with Crippen LogP contribution in [-0.2, 0) is 20.8 Å². The lowest BCUT2D eigenvalue weighted by atomic mass is 10.0. The second kappa shape index (κ2) is 12.9. The van der Waals surface area contributed by atoms with Crippen LogP contribution in [0.3, 0.4) is 0 Å². The Morgan fingerprint density at radius 2 is 1.90 bits per heavy atom. The van der Waals surface area contributed by atoms with Crippen molar-refractivity contribution in [3.05, 3.63) is 35.9 Å². The Balaban J connectivity index is 0.000000326. The molecular formula is C22H36N4O3. The van der Waals surface area contributed by atoms with Gasteiger partial charge in [0.1, 0.15) is 6.04 Å². The highest BCUT2D eigenvalue weighted by Crippen LogP contribution is 2.24. The van der Waals surface area contributed by atoms with Crippen molar-refractivity contribution < 1.29 is 14.4 Å². The lowest BCUT2D eigenvalue weighted by Crippen LogP contribution is -2.53. The first-order valence-electron chi connectivity index (χ1n) is 10.3. The fourth-order valence-corrected chi connectivity index (χ4v) is 3.45. The number of nitrogens with two attached hydrogens (primary N) is 1. The second-order valence-corrected chi connectivity index (χ2v) is 7.98. The van der Waals surface area contributed by atoms with E-state index in [0.717, 1.165) is 25.8 Å². The number of nitrogens with one attached hydrogen (secondary N) is 2. The van der Waals surface area contributed by atoms with Crippen LogP contribution >= 0.6 is 0 Å². The highest BCUT2D eigenvalue weighted by Gasteiger charge is 2.35. The first kappa shape index (κ1) is 24.6. The molecule has 0 spiro atoms. The van der Waals surface area contributed by atoms with Gasteiger partial charge in [-0.2, -0.15) is 0 Å². The molecule has 7 heteroatoms. The third kappa shape index (κ3) is 8.64. The maximum absolute atomic E-state index is 12.5. The SMILES string of the molecule is CC1CC(C)N(C(=O)C(NC(=O)CN)C(C)C)C1.O=CNCCc1ccccc1. The second-order valence-electron chi connectivity index (χ2n) is 7.98. The van der Waals surface area contributed by atoms with Crippen LogP contribution in [0.4, 0.5) is 0 Å². The van der Waals surface area contributed by atoms with Gasteiger partial charge >= 0.3 is 0 Å². The summed E-state index contributed by atoms with van der Waals surface area (Å²) >= 11 is 0. The number of amides is 3. The van der Waals surface area contributed by atoms with Crippen LogP contribution in [0.25, 0.3) is 0 Å². The number of rotatable bonds is 8. The molecule has 0 radical (unpaired) electrons. The largest absolute Gasteiger partial charge is 0.358 e. The molecule has 1 aliphatic heterocycles. The molecule has 1 aromatic rings. The van der Waals surface area contributed by atoms with Crippen LogP contribution in [0.1, 0.15) is 39.7 Å². The average molecular weight is 405 g/mol. The van der Waals surface area contributed by atoms with E-state index in [1.807, 2.05) is 49.1 Å². The molecule has 3 unspecified atom stereocenters. The van der Waals surface area contributed by atoms with Crippen molar-refractivity contribution >= 4 is 18.2 Å². The molecule has 0 aromatic heterocycles. The number of carbonyl (C=O) groups is 3. The van der Waals surface area contributed by atoms with Gasteiger partial charge in [0.2, 0.25) is 18.2 Å². The Hall–Kier alpha value is -2.41. The highest BCUT2D eigenvalue weighted by atomic mass is 16.2. The van der Waals surface area contributed by atoms with E-state index >= 15 is 0 Å². The Bertz CT molecular complexity index is 636. The zero-order chi connectivity index (χ0) is 21.8. The van der Waals surface area contributed by atoms with Gasteiger partial charge in [-0.15, -0.1) is 0 Å². The van der Waals surface area contributed by atoms with E-state index in [1.165, 1.54) is 5.56 Å². The molecule has 1 heterocycles. The van der Waals surface area contributed by atoms with Crippen molar-refractivity contribution in [2.45, 2.75) is 52.6 Å². The predicted octanol–water partition coefficient (Wildman–Crippen LogP) is 1.32. The summed E-state index contributed by atoms with van der Waals surface area (Å²) in [5, 5.41) is 5.34. The number of nitrogens with zero attached hydrogens (tertiary/aromatic N) is 1. The van der Waals surface area contributed by atoms with Gasteiger partial charge in [0.25, 0.3) is 0 Å². The van der Waals surface area contributed by atoms with Crippen LogP contribution < -0.4 is 16.4 Å². The Morgan fingerprint density at radius 3 is 2.38 bits per heavy atom. The number of carbonyl (C=O) groups excluding carboxylic acids is 3. The molecule has 1 fully saturated rings. The molecule has 1 saturated heterocycles. The first-order valence-corrected chi connectivity index (χ1v) is 10.3. The van der Waals surface area contributed by atoms with E-state index in [0.29, 0.717) is 12.5 Å². The minimum atomic E-state index is -0.464. The molecular weight excluding hydrogens is 368 g/mol. The lowest BCUT2D eigenvalue weighted by molar-refractivity contribution is -0.138. The van der Waals surface area contributed by atoms with Gasteiger partial charge in [0, 0.05) is 19.1 Å². The Morgan fingerprint density at radius 1 is 1.24 bits per heavy atom. The normalized spacial score (nSPS) is 19.2. The van der Waals surface area contributed by atoms with Crippen molar-refractivity contribution in [3.63, 3.8) is 0 Å². The van der Waals surface area contributed by atoms with Gasteiger partial charge in [0.05, 0.1) is 6.54 Å². The minimum Gasteiger partial charge on any atom is -0.358 e. The van der Waals surface area contributed by atoms with E-state index in [2.05, 4.69) is 24.5 Å². The Labute approximate surface area is 174 Å². The lowest BCUT2D eigenvalue weighted by Gasteiger charge is -2.29. The molecule has 3 amide bonds. The van der Waals surface area contributed by atoms with Gasteiger partial charge in [0.15, 0.2) is 0 Å². The summed E-state index contributed by atoms with van der Waals surface area (Å²) in [5.41, 5.74) is 6.54. The molecule has 29 heavy (non-hydrogen) atoms. The first-order chi connectivity index (χ1) is 13.8. The highest BCUT2D eigenvalue weighted by molar-refractivity contribution is 5.88. The third-order valence-corrected chi connectivity index (χ3v) is 4.99. The smallest absolute Gasteiger partial charge is 0.245 e. The molecule has 162 valence electrons. The van der Waals surface area contributed by atoms with Gasteiger partial charge < -0.3 is 21.3 Å². The topological polar surface area (TPSA) is 105 Å². The van der Waals surface area contributed by atoms with Crippen molar-refractivity contribution in [3.8, 4) is 0 Å². The molecule has 0 aliphatic carbocycles.